The third-order valence-corrected chi connectivity index (χ3v) is 28.7. The van der Waals surface area contributed by atoms with Crippen LogP contribution in [-0.4, -0.2) is 54.4 Å². The summed E-state index contributed by atoms with van der Waals surface area (Å²) in [7, 11) is 0. The van der Waals surface area contributed by atoms with Gasteiger partial charge in [0.25, 0.3) is 0 Å². The Kier molecular flexibility index (Phi) is 20.0. The van der Waals surface area contributed by atoms with Gasteiger partial charge < -0.3 is 4.57 Å². The van der Waals surface area contributed by atoms with Crippen LogP contribution in [0.2, 0.25) is 0 Å². The van der Waals surface area contributed by atoms with Crippen LogP contribution >= 0.6 is 0 Å². The van der Waals surface area contributed by atoms with Gasteiger partial charge in [-0.1, -0.05) is 410 Å². The van der Waals surface area contributed by atoms with Crippen LogP contribution in [0.1, 0.15) is 49.9 Å². The fourth-order valence-electron chi connectivity index (χ4n) is 21.5. The molecule has 0 unspecified atom stereocenters. The summed E-state index contributed by atoms with van der Waals surface area (Å²) in [5.41, 5.74) is 25.6. The maximum atomic E-state index is 5.19. The fourth-order valence-corrected chi connectivity index (χ4v) is 21.5. The van der Waals surface area contributed by atoms with Gasteiger partial charge in [-0.15, -0.1) is 0 Å². The summed E-state index contributed by atoms with van der Waals surface area (Å²) in [4.78, 5) is 50.4. The lowest BCUT2D eigenvalue weighted by molar-refractivity contribution is 0.660. The van der Waals surface area contributed by atoms with Crippen molar-refractivity contribution in [2.75, 3.05) is 0 Å². The molecule has 0 saturated heterocycles. The van der Waals surface area contributed by atoms with Crippen molar-refractivity contribution in [1.82, 2.24) is 54.4 Å². The zero-order valence-corrected chi connectivity index (χ0v) is 77.7. The highest BCUT2D eigenvalue weighted by atomic mass is 15.1. The number of rotatable bonds is 11. The summed E-state index contributed by atoms with van der Waals surface area (Å²) in [6.07, 6.45) is 1.84. The van der Waals surface area contributed by atoms with E-state index in [4.69, 9.17) is 44.9 Å². The second-order valence-electron chi connectivity index (χ2n) is 37.7. The van der Waals surface area contributed by atoms with Crippen LogP contribution in [0.4, 0.5) is 0 Å². The largest absolute Gasteiger partial charge is 0.309 e. The molecular weight excluding hydrogens is 1720 g/mol. The summed E-state index contributed by atoms with van der Waals surface area (Å²) >= 11 is 0. The first kappa shape index (κ1) is 83.3. The van der Waals surface area contributed by atoms with Gasteiger partial charge in [-0.2, -0.15) is 0 Å². The molecule has 0 bridgehead atoms. The van der Waals surface area contributed by atoms with E-state index in [1.54, 1.807) is 0 Å². The Hall–Kier alpha value is -18.3. The molecule has 0 fully saturated rings. The smallest absolute Gasteiger partial charge is 0.164 e. The number of hydrogen-bond donors (Lipinski definition) is 0. The van der Waals surface area contributed by atoms with E-state index >= 15 is 0 Å². The van der Waals surface area contributed by atoms with Gasteiger partial charge in [0.15, 0.2) is 52.4 Å². The van der Waals surface area contributed by atoms with Gasteiger partial charge in [-0.25, -0.2) is 44.9 Å². The Morgan fingerprint density at radius 2 is 0.475 bits per heavy atom. The van der Waals surface area contributed by atoms with Gasteiger partial charge in [-0.3, -0.25) is 4.98 Å². The van der Waals surface area contributed by atoms with Gasteiger partial charge in [0.2, 0.25) is 0 Å². The zero-order chi connectivity index (χ0) is 94.0. The average Bonchev–Trinajstić information content (AvgIpc) is 1.56. The Morgan fingerprint density at radius 3 is 0.922 bits per heavy atom. The maximum absolute atomic E-state index is 5.19. The lowest BCUT2D eigenvalue weighted by atomic mass is 9.82. The van der Waals surface area contributed by atoms with Gasteiger partial charge in [0, 0.05) is 94.2 Å². The summed E-state index contributed by atoms with van der Waals surface area (Å²) < 4.78 is 2.44. The minimum absolute atomic E-state index is 0.112. The Morgan fingerprint density at radius 1 is 0.177 bits per heavy atom. The molecule has 11 heteroatoms. The number of hydrogen-bond acceptors (Lipinski definition) is 10. The van der Waals surface area contributed by atoms with E-state index < -0.39 is 0 Å². The van der Waals surface area contributed by atoms with Gasteiger partial charge in [0.1, 0.15) is 0 Å². The first-order valence-electron chi connectivity index (χ1n) is 48.0. The van der Waals surface area contributed by atoms with E-state index in [0.717, 1.165) is 110 Å². The molecule has 2 aliphatic rings. The average molecular weight is 1800 g/mol. The molecule has 0 radical (unpaired) electrons. The van der Waals surface area contributed by atoms with Crippen LogP contribution in [-0.2, 0) is 10.8 Å². The third-order valence-electron chi connectivity index (χ3n) is 28.7. The van der Waals surface area contributed by atoms with Crippen LogP contribution in [0.15, 0.2) is 455 Å². The molecule has 0 amide bonds. The Labute approximate surface area is 814 Å². The number of benzene rings is 21. The van der Waals surface area contributed by atoms with E-state index in [0.29, 0.717) is 52.4 Å². The molecule has 5 heterocycles. The molecule has 21 aromatic carbocycles. The molecule has 11 nitrogen and oxygen atoms in total. The standard InChI is InChI=1S/C49H30N4.C43H33N3.C38H24N4/c1-2-15-34(16-3-1)47-50-48(36-23-22-31-12-4-5-17-35(31)30-36)52-49(51-47)41-26-29-42(40-21-11-10-20-39(40)41)53-43-27-24-32-13-6-8-18-37(32)45(43)46-38-19-9-7-14-33(38)25-28-44(46)53;1-42(2)35-15-9-7-13-31(35)33-21-19-29(24-37(33)42)40-44-39(28-18-17-26-11-5-6-12-27(26)23-28)45-41(46-40)30-20-22-34-32-14-8-10-16-36(32)43(3,4)38(34)25-30;1-3-9-30-23-32(20-14-25(30)7-1)37-40-36(41-38(42-37)33-21-15-26-8-2-4-10-31(26)24-33)29-18-16-27(17-19-29)34-13-5-11-28-12-6-22-39-35(28)34/h1-30H;5-25H,1-4H3;1-24H. The predicted molar refractivity (Wildman–Crippen MR) is 581 cm³/mol. The molecule has 0 aliphatic heterocycles. The summed E-state index contributed by atoms with van der Waals surface area (Å²) in [6, 6.07) is 158. The fraction of sp³-hybridized carbons (Fsp3) is 0.0462. The Bertz CT molecular complexity index is 9280. The molecule has 0 N–H and O–H groups in total. The number of nitrogens with zero attached hydrogens (tertiary/aromatic N) is 11. The minimum atomic E-state index is -0.112. The van der Waals surface area contributed by atoms with Gasteiger partial charge in [-0.05, 0) is 187 Å². The topological polar surface area (TPSA) is 134 Å². The molecule has 28 rings (SSSR count). The van der Waals surface area contributed by atoms with Crippen molar-refractivity contribution < 1.29 is 0 Å². The Balaban J connectivity index is 0.000000109. The normalized spacial score (nSPS) is 12.7. The van der Waals surface area contributed by atoms with E-state index in [-0.39, 0.29) is 10.8 Å². The van der Waals surface area contributed by atoms with Crippen molar-refractivity contribution in [1.29, 1.82) is 0 Å². The van der Waals surface area contributed by atoms with E-state index in [2.05, 4.69) is 462 Å². The maximum Gasteiger partial charge on any atom is 0.164 e. The van der Waals surface area contributed by atoms with Crippen LogP contribution in [0.5, 0.6) is 0 Å². The second-order valence-corrected chi connectivity index (χ2v) is 37.7. The quantitative estimate of drug-likeness (QED) is 0.123. The zero-order valence-electron chi connectivity index (χ0n) is 77.7. The first-order valence-corrected chi connectivity index (χ1v) is 48.0. The highest BCUT2D eigenvalue weighted by Gasteiger charge is 2.38. The van der Waals surface area contributed by atoms with Crippen molar-refractivity contribution in [3.63, 3.8) is 0 Å². The predicted octanol–water partition coefficient (Wildman–Crippen LogP) is 32.6. The summed E-state index contributed by atoms with van der Waals surface area (Å²) in [5, 5.41) is 20.2. The van der Waals surface area contributed by atoms with Gasteiger partial charge in [0.05, 0.1) is 22.2 Å². The third kappa shape index (κ3) is 14.7. The summed E-state index contributed by atoms with van der Waals surface area (Å²) in [5.74, 6) is 5.92. The molecule has 5 aromatic heterocycles. The second kappa shape index (κ2) is 33.9. The van der Waals surface area contributed by atoms with E-state index in [9.17, 15) is 0 Å². The molecule has 2 aliphatic carbocycles. The number of para-hydroxylation sites is 1. The molecule has 141 heavy (non-hydrogen) atoms. The van der Waals surface area contributed by atoms with Crippen LogP contribution in [0.3, 0.4) is 0 Å². The van der Waals surface area contributed by atoms with Crippen LogP contribution in [0.25, 0.3) is 250 Å². The molecular formula is C130H87N11. The molecule has 0 spiro atoms. The number of pyridine rings is 1. The van der Waals surface area contributed by atoms with Gasteiger partial charge >= 0.3 is 0 Å². The van der Waals surface area contributed by atoms with Crippen molar-refractivity contribution in [2.24, 2.45) is 0 Å². The van der Waals surface area contributed by atoms with Crippen LogP contribution < -0.4 is 0 Å². The first-order chi connectivity index (χ1) is 69.3. The minimum Gasteiger partial charge on any atom is -0.309 e. The monoisotopic (exact) mass is 1800 g/mol. The SMILES string of the molecule is CC1(C)c2ccccc2-c2ccc(-c3nc(-c4ccc5c(c4)C(C)(C)c4ccccc4-5)nc(-c4ccc5ccccc5c4)n3)cc21.c1ccc(-c2nc(-c3ccc4ccccc4c3)nc(-c3ccc(-n4c5ccc6ccccc6c5c5c6ccccc6ccc54)c4ccccc34)n2)cc1.c1ccc2cc(-c3nc(-c4ccc(-c5cccc6cccnc56)cc4)nc(-c4ccc5ccccc5c4)n3)ccc2c1. The van der Waals surface area contributed by atoms with Crippen molar-refractivity contribution in [3.8, 4) is 142 Å². The summed E-state index contributed by atoms with van der Waals surface area (Å²) in [6.45, 7) is 9.24. The lowest BCUT2D eigenvalue weighted by Crippen LogP contribution is -2.15. The van der Waals surface area contributed by atoms with Crippen molar-refractivity contribution in [3.05, 3.63) is 477 Å². The lowest BCUT2D eigenvalue weighted by Gasteiger charge is -2.22. The molecule has 0 atom stereocenters. The highest BCUT2D eigenvalue weighted by molar-refractivity contribution is 6.29. The molecule has 662 valence electrons. The van der Waals surface area contributed by atoms with E-state index in [1.807, 2.05) is 30.5 Å². The van der Waals surface area contributed by atoms with E-state index in [1.165, 1.54) is 109 Å². The number of fused-ring (bicyclic) bond motifs is 19. The van der Waals surface area contributed by atoms with Crippen molar-refractivity contribution in [2.45, 2.75) is 38.5 Å². The van der Waals surface area contributed by atoms with Crippen LogP contribution in [0, 0.1) is 0 Å². The molecule has 26 aromatic rings. The van der Waals surface area contributed by atoms with Crippen molar-refractivity contribution >= 4 is 108 Å². The number of aromatic nitrogens is 11. The molecule has 0 saturated carbocycles. The highest BCUT2D eigenvalue weighted by Crippen LogP contribution is 2.53.